The van der Waals surface area contributed by atoms with Gasteiger partial charge in [0, 0.05) is 43.0 Å². The molecule has 0 spiro atoms. The van der Waals surface area contributed by atoms with Crippen LogP contribution >= 0.6 is 0 Å². The third kappa shape index (κ3) is 3.94. The predicted molar refractivity (Wildman–Crippen MR) is 103 cm³/mol. The van der Waals surface area contributed by atoms with Gasteiger partial charge in [0.2, 0.25) is 0 Å². The van der Waals surface area contributed by atoms with Crippen LogP contribution in [0.5, 0.6) is 5.75 Å². The Morgan fingerprint density at radius 2 is 2.11 bits per heavy atom. The number of primary amides is 1. The Labute approximate surface area is 157 Å². The van der Waals surface area contributed by atoms with Gasteiger partial charge in [0.05, 0.1) is 18.8 Å². The molecule has 1 saturated heterocycles. The number of nitrogens with one attached hydrogen (secondary N) is 1. The van der Waals surface area contributed by atoms with E-state index >= 15 is 0 Å². The van der Waals surface area contributed by atoms with Gasteiger partial charge in [0.15, 0.2) is 0 Å². The standard InChI is InChI=1S/C20H22N4O3/c21-19(25)18-13-23-20-17(18)11-15(12-22-20)14-2-1-3-16(10-14)27-9-6-24-4-7-26-8-5-24/h1-3,10-13H,4-9H2,(H2,21,25)(H,22,23). The number of morpholine rings is 1. The molecule has 27 heavy (non-hydrogen) atoms. The first-order valence-corrected chi connectivity index (χ1v) is 9.01. The molecule has 1 amide bonds. The Bertz CT molecular complexity index is 947. The third-order valence-corrected chi connectivity index (χ3v) is 4.74. The summed E-state index contributed by atoms with van der Waals surface area (Å²) in [7, 11) is 0. The highest BCUT2D eigenvalue weighted by atomic mass is 16.5. The van der Waals surface area contributed by atoms with E-state index in [0.29, 0.717) is 17.8 Å². The predicted octanol–water partition coefficient (Wildman–Crippen LogP) is 2.04. The Morgan fingerprint density at radius 3 is 2.93 bits per heavy atom. The lowest BCUT2D eigenvalue weighted by atomic mass is 10.1. The highest BCUT2D eigenvalue weighted by molar-refractivity contribution is 6.05. The number of fused-ring (bicyclic) bond motifs is 1. The number of aromatic amines is 1. The van der Waals surface area contributed by atoms with E-state index in [4.69, 9.17) is 15.2 Å². The number of pyridine rings is 1. The summed E-state index contributed by atoms with van der Waals surface area (Å²) in [6.07, 6.45) is 3.37. The largest absolute Gasteiger partial charge is 0.492 e. The van der Waals surface area contributed by atoms with Crippen molar-refractivity contribution in [2.45, 2.75) is 0 Å². The van der Waals surface area contributed by atoms with Crippen LogP contribution in [0.25, 0.3) is 22.2 Å². The van der Waals surface area contributed by atoms with Gasteiger partial charge in [-0.1, -0.05) is 12.1 Å². The number of hydrogen-bond donors (Lipinski definition) is 2. The van der Waals surface area contributed by atoms with Crippen LogP contribution in [0.4, 0.5) is 0 Å². The van der Waals surface area contributed by atoms with E-state index in [-0.39, 0.29) is 0 Å². The molecule has 3 heterocycles. The molecule has 7 heteroatoms. The number of benzene rings is 1. The molecular formula is C20H22N4O3. The highest BCUT2D eigenvalue weighted by Gasteiger charge is 2.12. The lowest BCUT2D eigenvalue weighted by Gasteiger charge is -2.26. The average Bonchev–Trinajstić information content (AvgIpc) is 3.12. The van der Waals surface area contributed by atoms with Gasteiger partial charge in [0.1, 0.15) is 18.0 Å². The molecule has 1 aromatic carbocycles. The molecular weight excluding hydrogens is 344 g/mol. The lowest BCUT2D eigenvalue weighted by molar-refractivity contribution is 0.0322. The van der Waals surface area contributed by atoms with Crippen molar-refractivity contribution in [1.29, 1.82) is 0 Å². The minimum Gasteiger partial charge on any atom is -0.492 e. The van der Waals surface area contributed by atoms with Gasteiger partial charge in [-0.3, -0.25) is 9.69 Å². The molecule has 0 atom stereocenters. The van der Waals surface area contributed by atoms with Gasteiger partial charge in [-0.05, 0) is 23.8 Å². The normalized spacial score (nSPS) is 15.1. The molecule has 3 N–H and O–H groups in total. The van der Waals surface area contributed by atoms with Crippen LogP contribution in [0, 0.1) is 0 Å². The monoisotopic (exact) mass is 366 g/mol. The lowest BCUT2D eigenvalue weighted by Crippen LogP contribution is -2.38. The summed E-state index contributed by atoms with van der Waals surface area (Å²) in [5.41, 5.74) is 8.40. The van der Waals surface area contributed by atoms with Gasteiger partial charge >= 0.3 is 0 Å². The second-order valence-corrected chi connectivity index (χ2v) is 6.52. The van der Waals surface area contributed by atoms with Crippen molar-refractivity contribution in [3.63, 3.8) is 0 Å². The Morgan fingerprint density at radius 1 is 1.26 bits per heavy atom. The van der Waals surface area contributed by atoms with E-state index in [1.54, 1.807) is 12.4 Å². The van der Waals surface area contributed by atoms with Gasteiger partial charge in [0.25, 0.3) is 5.91 Å². The molecule has 140 valence electrons. The first-order chi connectivity index (χ1) is 13.2. The number of amides is 1. The zero-order valence-electron chi connectivity index (χ0n) is 15.0. The summed E-state index contributed by atoms with van der Waals surface area (Å²) in [5.74, 6) is 0.338. The van der Waals surface area contributed by atoms with Crippen molar-refractivity contribution in [3.8, 4) is 16.9 Å². The highest BCUT2D eigenvalue weighted by Crippen LogP contribution is 2.27. The summed E-state index contributed by atoms with van der Waals surface area (Å²) in [4.78, 5) is 21.3. The van der Waals surface area contributed by atoms with E-state index in [1.165, 1.54) is 0 Å². The fourth-order valence-electron chi connectivity index (χ4n) is 3.25. The van der Waals surface area contributed by atoms with E-state index in [0.717, 1.165) is 55.1 Å². The first-order valence-electron chi connectivity index (χ1n) is 9.01. The number of ether oxygens (including phenoxy) is 2. The molecule has 1 fully saturated rings. The maximum absolute atomic E-state index is 11.6. The Hall–Kier alpha value is -2.90. The van der Waals surface area contributed by atoms with Crippen LogP contribution in [0.1, 0.15) is 10.4 Å². The Balaban J connectivity index is 1.49. The fourth-order valence-corrected chi connectivity index (χ4v) is 3.25. The topological polar surface area (TPSA) is 93.5 Å². The van der Waals surface area contributed by atoms with Crippen LogP contribution in [0.3, 0.4) is 0 Å². The zero-order chi connectivity index (χ0) is 18.6. The minimum atomic E-state index is -0.472. The zero-order valence-corrected chi connectivity index (χ0v) is 15.0. The summed E-state index contributed by atoms with van der Waals surface area (Å²) in [6, 6.07) is 9.80. The number of rotatable bonds is 6. The van der Waals surface area contributed by atoms with Gasteiger partial charge < -0.3 is 20.2 Å². The van der Waals surface area contributed by atoms with E-state index in [1.807, 2.05) is 30.3 Å². The first kappa shape index (κ1) is 17.5. The van der Waals surface area contributed by atoms with Gasteiger partial charge in [-0.25, -0.2) is 4.98 Å². The number of aromatic nitrogens is 2. The SMILES string of the molecule is NC(=O)c1c[nH]c2ncc(-c3cccc(OCCN4CCOCC4)c3)cc12. The summed E-state index contributed by atoms with van der Waals surface area (Å²) >= 11 is 0. The molecule has 0 saturated carbocycles. The minimum absolute atomic E-state index is 0.442. The second kappa shape index (κ2) is 7.77. The summed E-state index contributed by atoms with van der Waals surface area (Å²) in [5, 5.41) is 0.721. The fraction of sp³-hybridized carbons (Fsp3) is 0.300. The number of carbonyl (C=O) groups excluding carboxylic acids is 1. The number of hydrogen-bond acceptors (Lipinski definition) is 5. The van der Waals surface area contributed by atoms with Crippen LogP contribution in [-0.4, -0.2) is 60.2 Å². The van der Waals surface area contributed by atoms with Crippen LogP contribution in [-0.2, 0) is 4.74 Å². The third-order valence-electron chi connectivity index (χ3n) is 4.74. The molecule has 0 bridgehead atoms. The molecule has 1 aliphatic heterocycles. The maximum atomic E-state index is 11.6. The van der Waals surface area contributed by atoms with Crippen LogP contribution in [0.15, 0.2) is 42.7 Å². The van der Waals surface area contributed by atoms with Crippen molar-refractivity contribution < 1.29 is 14.3 Å². The van der Waals surface area contributed by atoms with Gasteiger partial charge in [-0.2, -0.15) is 0 Å². The molecule has 7 nitrogen and oxygen atoms in total. The molecule has 3 aromatic rings. The molecule has 0 radical (unpaired) electrons. The molecule has 2 aromatic heterocycles. The molecule has 0 aliphatic carbocycles. The van der Waals surface area contributed by atoms with E-state index in [9.17, 15) is 4.79 Å². The van der Waals surface area contributed by atoms with Crippen molar-refractivity contribution in [2.24, 2.45) is 5.73 Å². The number of nitrogens with two attached hydrogens (primary N) is 1. The quantitative estimate of drug-likeness (QED) is 0.696. The van der Waals surface area contributed by atoms with Crippen molar-refractivity contribution in [3.05, 3.63) is 48.3 Å². The maximum Gasteiger partial charge on any atom is 0.250 e. The van der Waals surface area contributed by atoms with E-state index < -0.39 is 5.91 Å². The van der Waals surface area contributed by atoms with Crippen molar-refractivity contribution >= 4 is 16.9 Å². The van der Waals surface area contributed by atoms with Crippen LogP contribution < -0.4 is 10.5 Å². The number of nitrogens with zero attached hydrogens (tertiary/aromatic N) is 2. The van der Waals surface area contributed by atoms with E-state index in [2.05, 4.69) is 14.9 Å². The smallest absolute Gasteiger partial charge is 0.250 e. The van der Waals surface area contributed by atoms with Crippen molar-refractivity contribution in [2.75, 3.05) is 39.5 Å². The molecule has 4 rings (SSSR count). The number of carbonyl (C=O) groups is 1. The Kier molecular flexibility index (Phi) is 5.04. The van der Waals surface area contributed by atoms with Crippen LogP contribution in [0.2, 0.25) is 0 Å². The number of H-pyrrole nitrogens is 1. The van der Waals surface area contributed by atoms with Crippen molar-refractivity contribution in [1.82, 2.24) is 14.9 Å². The average molecular weight is 366 g/mol. The molecule has 1 aliphatic rings. The summed E-state index contributed by atoms with van der Waals surface area (Å²) < 4.78 is 11.3. The van der Waals surface area contributed by atoms with Gasteiger partial charge in [-0.15, -0.1) is 0 Å². The molecule has 0 unspecified atom stereocenters. The second-order valence-electron chi connectivity index (χ2n) is 6.52. The summed E-state index contributed by atoms with van der Waals surface area (Å²) in [6.45, 7) is 4.99.